The van der Waals surface area contributed by atoms with Crippen LogP contribution in [0.15, 0.2) is 24.3 Å². The molecule has 1 heterocycles. The van der Waals surface area contributed by atoms with E-state index in [1.165, 1.54) is 31.2 Å². The topological polar surface area (TPSA) is 203 Å². The van der Waals surface area contributed by atoms with E-state index in [9.17, 15) is 40.2 Å². The van der Waals surface area contributed by atoms with Crippen molar-refractivity contribution in [2.75, 3.05) is 6.61 Å². The minimum atomic E-state index is -2.63. The maximum Gasteiger partial charge on any atom is 0.342 e. The number of carboxylic acid groups (broad SMARTS) is 1. The molecule has 2 rings (SSSR count). The number of hydrogen-bond donors (Lipinski definition) is 7. The monoisotopic (exact) mass is 474 g/mol. The Morgan fingerprint density at radius 1 is 1.12 bits per heavy atom. The average Bonchev–Trinajstić information content (AvgIpc) is 2.81. The fourth-order valence-electron chi connectivity index (χ4n) is 3.31. The lowest BCUT2D eigenvalue weighted by Crippen LogP contribution is -2.60. The smallest absolute Gasteiger partial charge is 0.342 e. The summed E-state index contributed by atoms with van der Waals surface area (Å²) >= 11 is 0. The van der Waals surface area contributed by atoms with Crippen molar-refractivity contribution in [1.82, 2.24) is 0 Å². The lowest BCUT2D eigenvalue weighted by molar-refractivity contribution is -0.277. The molecule has 0 spiro atoms. The fraction of sp³-hybridized carbons (Fsp3) is 0.619. The van der Waals surface area contributed by atoms with E-state index >= 15 is 0 Å². The van der Waals surface area contributed by atoms with E-state index in [2.05, 4.69) is 0 Å². The standard InChI is InChI=1S/C21H30O12/c1-3-10(2)21(30,17(26)18(27)28)20(29)31-9-11-4-6-12(7-5-11)32-19-16(25)15(24)14(23)13(8-22)33-19/h4-7,10,13-17,19,22-26,30H,3,8-9H2,1-2H3,(H,27,28)/t10-,13-,14-,15+,16-,17-,19-,21-/m1/s1. The van der Waals surface area contributed by atoms with Gasteiger partial charge in [0.05, 0.1) is 6.61 Å². The van der Waals surface area contributed by atoms with Crippen LogP contribution in [0.2, 0.25) is 0 Å². The first-order chi connectivity index (χ1) is 15.5. The lowest BCUT2D eigenvalue weighted by Gasteiger charge is -2.39. The molecule has 1 aliphatic heterocycles. The van der Waals surface area contributed by atoms with E-state index in [1.54, 1.807) is 6.92 Å². The number of hydrogen-bond acceptors (Lipinski definition) is 11. The van der Waals surface area contributed by atoms with Crippen LogP contribution in [-0.4, -0.2) is 96.7 Å². The maximum absolute atomic E-state index is 12.4. The Hall–Kier alpha value is -2.32. The summed E-state index contributed by atoms with van der Waals surface area (Å²) < 4.78 is 15.8. The highest BCUT2D eigenvalue weighted by Gasteiger charge is 2.52. The van der Waals surface area contributed by atoms with Crippen LogP contribution < -0.4 is 4.74 Å². The van der Waals surface area contributed by atoms with Crippen molar-refractivity contribution in [3.05, 3.63) is 29.8 Å². The Bertz CT molecular complexity index is 797. The summed E-state index contributed by atoms with van der Waals surface area (Å²) in [5.74, 6) is -3.75. The summed E-state index contributed by atoms with van der Waals surface area (Å²) in [5.41, 5.74) is -2.20. The number of ether oxygens (including phenoxy) is 3. The predicted octanol–water partition coefficient (Wildman–Crippen LogP) is -1.87. The Morgan fingerprint density at radius 3 is 2.24 bits per heavy atom. The van der Waals surface area contributed by atoms with Gasteiger partial charge in [0.2, 0.25) is 11.9 Å². The summed E-state index contributed by atoms with van der Waals surface area (Å²) in [6, 6.07) is 5.81. The molecule has 1 aliphatic rings. The van der Waals surface area contributed by atoms with Crippen LogP contribution >= 0.6 is 0 Å². The molecular formula is C21H30O12. The van der Waals surface area contributed by atoms with Crippen LogP contribution in [0, 0.1) is 5.92 Å². The zero-order chi connectivity index (χ0) is 24.9. The van der Waals surface area contributed by atoms with Crippen LogP contribution in [0.5, 0.6) is 5.75 Å². The molecule has 0 amide bonds. The zero-order valence-corrected chi connectivity index (χ0v) is 18.1. The number of aliphatic hydroxyl groups excluding tert-OH is 5. The number of carbonyl (C=O) groups excluding carboxylic acids is 1. The molecule has 0 saturated carbocycles. The molecule has 0 bridgehead atoms. The molecule has 186 valence electrons. The number of rotatable bonds is 10. The summed E-state index contributed by atoms with van der Waals surface area (Å²) in [5, 5.41) is 68.3. The second-order valence-corrected chi connectivity index (χ2v) is 7.91. The highest BCUT2D eigenvalue weighted by Crippen LogP contribution is 2.28. The summed E-state index contributed by atoms with van der Waals surface area (Å²) in [4.78, 5) is 23.6. The van der Waals surface area contributed by atoms with E-state index in [0.29, 0.717) is 5.56 Å². The van der Waals surface area contributed by atoms with Gasteiger partial charge in [0.1, 0.15) is 36.8 Å². The Labute approximate surface area is 189 Å². The average molecular weight is 474 g/mol. The van der Waals surface area contributed by atoms with Gasteiger partial charge in [-0.1, -0.05) is 32.4 Å². The molecule has 12 heteroatoms. The lowest BCUT2D eigenvalue weighted by atomic mass is 9.82. The van der Waals surface area contributed by atoms with E-state index in [0.717, 1.165) is 0 Å². The minimum absolute atomic E-state index is 0.187. The van der Waals surface area contributed by atoms with Gasteiger partial charge in [-0.2, -0.15) is 0 Å². The van der Waals surface area contributed by atoms with Gasteiger partial charge >= 0.3 is 11.9 Å². The van der Waals surface area contributed by atoms with Gasteiger partial charge < -0.3 is 50.0 Å². The van der Waals surface area contributed by atoms with Crippen LogP contribution in [0.1, 0.15) is 25.8 Å². The Morgan fingerprint density at radius 2 is 1.73 bits per heavy atom. The van der Waals surface area contributed by atoms with Crippen molar-refractivity contribution in [3.8, 4) is 5.75 Å². The predicted molar refractivity (Wildman–Crippen MR) is 109 cm³/mol. The highest BCUT2D eigenvalue weighted by molar-refractivity contribution is 5.88. The third-order valence-corrected chi connectivity index (χ3v) is 5.74. The third-order valence-electron chi connectivity index (χ3n) is 5.74. The minimum Gasteiger partial charge on any atom is -0.479 e. The first kappa shape index (κ1) is 26.9. The highest BCUT2D eigenvalue weighted by atomic mass is 16.7. The summed E-state index contributed by atoms with van der Waals surface area (Å²) in [7, 11) is 0. The largest absolute Gasteiger partial charge is 0.479 e. The van der Waals surface area contributed by atoms with Crippen LogP contribution in [0.4, 0.5) is 0 Å². The number of aliphatic hydroxyl groups is 6. The summed E-state index contributed by atoms with van der Waals surface area (Å²) in [6.45, 7) is 2.09. The summed E-state index contributed by atoms with van der Waals surface area (Å²) in [6.07, 6.45) is -9.35. The van der Waals surface area contributed by atoms with Gasteiger partial charge in [0.25, 0.3) is 0 Å². The molecule has 12 nitrogen and oxygen atoms in total. The van der Waals surface area contributed by atoms with E-state index in [-0.39, 0.29) is 18.8 Å². The number of aliphatic carboxylic acids is 1. The molecule has 0 aromatic heterocycles. The maximum atomic E-state index is 12.4. The Kier molecular flexibility index (Phi) is 9.14. The number of carboxylic acids is 1. The second-order valence-electron chi connectivity index (χ2n) is 7.91. The molecule has 7 N–H and O–H groups in total. The molecule has 1 fully saturated rings. The molecule has 1 aromatic rings. The normalized spacial score (nSPS) is 28.9. The SMILES string of the molecule is CC[C@@H](C)[C@](O)(C(=O)OCc1ccc(O[C@@H]2O[C@H](CO)[C@@H](O)[C@H](O)[C@H]2O)cc1)[C@H](O)C(=O)O. The molecule has 8 atom stereocenters. The molecule has 0 radical (unpaired) electrons. The van der Waals surface area contributed by atoms with Crippen molar-refractivity contribution in [2.45, 2.75) is 69.3 Å². The molecule has 1 aromatic carbocycles. The van der Waals surface area contributed by atoms with E-state index in [4.69, 9.17) is 19.3 Å². The van der Waals surface area contributed by atoms with Gasteiger partial charge in [-0.05, 0) is 23.6 Å². The van der Waals surface area contributed by atoms with Gasteiger partial charge in [-0.25, -0.2) is 9.59 Å². The number of carbonyl (C=O) groups is 2. The molecule has 0 unspecified atom stereocenters. The van der Waals surface area contributed by atoms with E-state index in [1.807, 2.05) is 0 Å². The second kappa shape index (κ2) is 11.2. The number of benzene rings is 1. The van der Waals surface area contributed by atoms with Gasteiger partial charge in [0, 0.05) is 0 Å². The van der Waals surface area contributed by atoms with Crippen LogP contribution in [0.3, 0.4) is 0 Å². The first-order valence-electron chi connectivity index (χ1n) is 10.3. The third kappa shape index (κ3) is 5.79. The fourth-order valence-corrected chi connectivity index (χ4v) is 3.31. The van der Waals surface area contributed by atoms with Crippen molar-refractivity contribution >= 4 is 11.9 Å². The molecular weight excluding hydrogens is 444 g/mol. The molecule has 33 heavy (non-hydrogen) atoms. The van der Waals surface area contributed by atoms with Crippen LogP contribution in [0.25, 0.3) is 0 Å². The van der Waals surface area contributed by atoms with E-state index < -0.39 is 66.9 Å². The van der Waals surface area contributed by atoms with Crippen LogP contribution in [-0.2, 0) is 25.7 Å². The van der Waals surface area contributed by atoms with Crippen molar-refractivity contribution in [1.29, 1.82) is 0 Å². The first-order valence-corrected chi connectivity index (χ1v) is 10.3. The van der Waals surface area contributed by atoms with Gasteiger partial charge in [-0.15, -0.1) is 0 Å². The van der Waals surface area contributed by atoms with Gasteiger partial charge in [0.15, 0.2) is 6.10 Å². The zero-order valence-electron chi connectivity index (χ0n) is 18.1. The number of esters is 1. The van der Waals surface area contributed by atoms with Gasteiger partial charge in [-0.3, -0.25) is 0 Å². The quantitative estimate of drug-likeness (QED) is 0.186. The molecule has 0 aliphatic carbocycles. The van der Waals surface area contributed by atoms with Crippen molar-refractivity contribution in [2.24, 2.45) is 5.92 Å². The van der Waals surface area contributed by atoms with Crippen molar-refractivity contribution in [3.63, 3.8) is 0 Å². The molecule has 1 saturated heterocycles. The Balaban J connectivity index is 2.03. The van der Waals surface area contributed by atoms with Crippen molar-refractivity contribution < 1.29 is 59.5 Å².